The van der Waals surface area contributed by atoms with Gasteiger partial charge in [0.1, 0.15) is 11.3 Å². The lowest BCUT2D eigenvalue weighted by atomic mass is 9.78. The zero-order valence-corrected chi connectivity index (χ0v) is 21.8. The number of hydrogen-bond donors (Lipinski definition) is 2. The molecule has 1 unspecified atom stereocenters. The molecule has 0 amide bonds. The first-order valence-corrected chi connectivity index (χ1v) is 13.0. The van der Waals surface area contributed by atoms with Crippen molar-refractivity contribution in [2.24, 2.45) is 5.41 Å². The fourth-order valence-corrected chi connectivity index (χ4v) is 6.19. The Hall–Kier alpha value is -3.17. The SMILES string of the molecule is COc1cc2c(cc1-c1cnc(N3CCC(O)CC3)s1)CC(C(C)(C)C)n1cc(C(=O)O)c(=O)cc1-2. The molecule has 190 valence electrons. The van der Waals surface area contributed by atoms with E-state index >= 15 is 0 Å². The van der Waals surface area contributed by atoms with Crippen molar-refractivity contribution in [2.75, 3.05) is 25.1 Å². The minimum absolute atomic E-state index is 0.0308. The number of pyridine rings is 1. The third kappa shape index (κ3) is 4.30. The van der Waals surface area contributed by atoms with Gasteiger partial charge in [0.15, 0.2) is 10.6 Å². The number of aliphatic hydroxyl groups is 1. The first-order valence-electron chi connectivity index (χ1n) is 12.2. The molecule has 1 aromatic carbocycles. The van der Waals surface area contributed by atoms with Gasteiger partial charge in [-0.25, -0.2) is 9.78 Å². The summed E-state index contributed by atoms with van der Waals surface area (Å²) in [7, 11) is 1.63. The van der Waals surface area contributed by atoms with Gasteiger partial charge in [-0.3, -0.25) is 4.79 Å². The highest BCUT2D eigenvalue weighted by atomic mass is 32.1. The zero-order chi connectivity index (χ0) is 25.8. The molecule has 2 aliphatic rings. The number of thiazole rings is 1. The molecule has 8 nitrogen and oxygen atoms in total. The Labute approximate surface area is 213 Å². The van der Waals surface area contributed by atoms with Gasteiger partial charge in [-0.1, -0.05) is 32.1 Å². The van der Waals surface area contributed by atoms with E-state index in [9.17, 15) is 19.8 Å². The summed E-state index contributed by atoms with van der Waals surface area (Å²) in [6.45, 7) is 7.94. The molecule has 1 atom stereocenters. The number of carboxylic acids is 1. The lowest BCUT2D eigenvalue weighted by Gasteiger charge is -2.39. The molecule has 1 fully saturated rings. The summed E-state index contributed by atoms with van der Waals surface area (Å²) in [5.41, 5.74) is 2.71. The summed E-state index contributed by atoms with van der Waals surface area (Å²) in [6.07, 6.45) is 5.31. The number of piperidine rings is 1. The molecule has 3 aromatic rings. The monoisotopic (exact) mass is 509 g/mol. The van der Waals surface area contributed by atoms with Crippen LogP contribution in [0.15, 0.2) is 35.4 Å². The van der Waals surface area contributed by atoms with Crippen LogP contribution in [0.1, 0.15) is 55.6 Å². The number of fused-ring (bicyclic) bond motifs is 3. The number of rotatable bonds is 4. The van der Waals surface area contributed by atoms with Gasteiger partial charge in [0, 0.05) is 48.7 Å². The minimum Gasteiger partial charge on any atom is -0.496 e. The van der Waals surface area contributed by atoms with E-state index in [4.69, 9.17) is 4.74 Å². The maximum atomic E-state index is 12.7. The van der Waals surface area contributed by atoms with Crippen LogP contribution in [-0.2, 0) is 6.42 Å². The van der Waals surface area contributed by atoms with Gasteiger partial charge in [-0.15, -0.1) is 0 Å². The van der Waals surface area contributed by atoms with E-state index in [0.29, 0.717) is 17.9 Å². The summed E-state index contributed by atoms with van der Waals surface area (Å²) in [6, 6.07) is 5.49. The topological polar surface area (TPSA) is 105 Å². The van der Waals surface area contributed by atoms with Gasteiger partial charge in [-0.2, -0.15) is 0 Å². The standard InChI is InChI=1S/C27H31N3O5S/c1-27(2,3)24-10-15-9-18(23-13-28-26(36-23)29-7-5-16(31)6-8-29)22(35-4)11-17(15)20-12-21(32)19(25(33)34)14-30(20)24/h9,11-14,16,24,31H,5-8,10H2,1-4H3,(H,33,34). The predicted molar refractivity (Wildman–Crippen MR) is 140 cm³/mol. The second-order valence-electron chi connectivity index (χ2n) is 10.7. The van der Waals surface area contributed by atoms with Gasteiger partial charge >= 0.3 is 5.97 Å². The molecule has 2 N–H and O–H groups in total. The number of carboxylic acid groups (broad SMARTS) is 1. The minimum atomic E-state index is -1.22. The lowest BCUT2D eigenvalue weighted by Crippen LogP contribution is -2.35. The third-order valence-electron chi connectivity index (χ3n) is 7.25. The van der Waals surface area contributed by atoms with Crippen LogP contribution in [0.4, 0.5) is 5.13 Å². The first-order chi connectivity index (χ1) is 17.1. The van der Waals surface area contributed by atoms with E-state index < -0.39 is 11.4 Å². The maximum Gasteiger partial charge on any atom is 0.341 e. The predicted octanol–water partition coefficient (Wildman–Crippen LogP) is 4.45. The summed E-state index contributed by atoms with van der Waals surface area (Å²) >= 11 is 1.61. The van der Waals surface area contributed by atoms with E-state index in [-0.39, 0.29) is 23.1 Å². The number of ether oxygens (including phenoxy) is 1. The summed E-state index contributed by atoms with van der Waals surface area (Å²) < 4.78 is 7.73. The average Bonchev–Trinajstić information content (AvgIpc) is 3.32. The molecule has 0 spiro atoms. The van der Waals surface area contributed by atoms with Crippen LogP contribution in [0.25, 0.3) is 21.7 Å². The largest absolute Gasteiger partial charge is 0.496 e. The van der Waals surface area contributed by atoms with E-state index in [1.54, 1.807) is 18.4 Å². The van der Waals surface area contributed by atoms with Gasteiger partial charge in [0.05, 0.1) is 23.8 Å². The number of methoxy groups -OCH3 is 1. The number of aromatic nitrogens is 2. The van der Waals surface area contributed by atoms with Crippen molar-refractivity contribution in [1.82, 2.24) is 9.55 Å². The van der Waals surface area contributed by atoms with Crippen LogP contribution in [0.2, 0.25) is 0 Å². The van der Waals surface area contributed by atoms with Crippen molar-refractivity contribution in [3.05, 3.63) is 51.9 Å². The van der Waals surface area contributed by atoms with Crippen LogP contribution < -0.4 is 15.1 Å². The summed E-state index contributed by atoms with van der Waals surface area (Å²) in [5, 5.41) is 20.3. The number of benzene rings is 1. The highest BCUT2D eigenvalue weighted by Crippen LogP contribution is 2.47. The molecule has 5 rings (SSSR count). The quantitative estimate of drug-likeness (QED) is 0.535. The Morgan fingerprint density at radius 2 is 1.89 bits per heavy atom. The number of aliphatic hydroxyl groups excluding tert-OH is 1. The second kappa shape index (κ2) is 9.05. The molecule has 9 heteroatoms. The highest BCUT2D eigenvalue weighted by Gasteiger charge is 2.34. The normalized spacial score (nSPS) is 18.0. The fourth-order valence-electron chi connectivity index (χ4n) is 5.20. The number of nitrogens with zero attached hydrogens (tertiary/aromatic N) is 3. The van der Waals surface area contributed by atoms with Crippen molar-refractivity contribution in [3.63, 3.8) is 0 Å². The molecular formula is C27H31N3O5S. The molecule has 0 aliphatic carbocycles. The van der Waals surface area contributed by atoms with Crippen LogP contribution in [0.5, 0.6) is 5.75 Å². The highest BCUT2D eigenvalue weighted by molar-refractivity contribution is 7.19. The number of hydrogen-bond acceptors (Lipinski definition) is 7. The molecule has 2 aliphatic heterocycles. The number of anilines is 1. The molecule has 36 heavy (non-hydrogen) atoms. The smallest absolute Gasteiger partial charge is 0.341 e. The van der Waals surface area contributed by atoms with Gasteiger partial charge < -0.3 is 24.4 Å². The third-order valence-corrected chi connectivity index (χ3v) is 8.35. The first kappa shape index (κ1) is 24.5. The molecule has 1 saturated heterocycles. The van der Waals surface area contributed by atoms with Crippen molar-refractivity contribution < 1.29 is 19.7 Å². The van der Waals surface area contributed by atoms with E-state index in [1.807, 2.05) is 16.8 Å². The Morgan fingerprint density at radius 3 is 2.53 bits per heavy atom. The lowest BCUT2D eigenvalue weighted by molar-refractivity contribution is 0.0693. The van der Waals surface area contributed by atoms with Gasteiger partial charge in [0.25, 0.3) is 0 Å². The second-order valence-corrected chi connectivity index (χ2v) is 11.7. The summed E-state index contributed by atoms with van der Waals surface area (Å²) in [5.74, 6) is -0.542. The van der Waals surface area contributed by atoms with Crippen LogP contribution >= 0.6 is 11.3 Å². The Balaban J connectivity index is 1.61. The molecule has 4 heterocycles. The molecular weight excluding hydrogens is 478 g/mol. The van der Waals surface area contributed by atoms with Gasteiger partial charge in [0.2, 0.25) is 0 Å². The van der Waals surface area contributed by atoms with Crippen molar-refractivity contribution in [3.8, 4) is 27.4 Å². The number of aromatic carboxylic acids is 1. The van der Waals surface area contributed by atoms with Crippen LogP contribution in [-0.4, -0.2) is 52.0 Å². The average molecular weight is 510 g/mol. The van der Waals surface area contributed by atoms with Crippen molar-refractivity contribution in [2.45, 2.75) is 52.2 Å². The maximum absolute atomic E-state index is 12.7. The van der Waals surface area contributed by atoms with E-state index in [2.05, 4.69) is 36.7 Å². The molecule has 2 aromatic heterocycles. The van der Waals surface area contributed by atoms with E-state index in [1.165, 1.54) is 12.3 Å². The molecule has 0 radical (unpaired) electrons. The Kier molecular flexibility index (Phi) is 6.16. The van der Waals surface area contributed by atoms with Gasteiger partial charge in [-0.05, 0) is 42.4 Å². The van der Waals surface area contributed by atoms with Crippen molar-refractivity contribution >= 4 is 22.4 Å². The summed E-state index contributed by atoms with van der Waals surface area (Å²) in [4.78, 5) is 32.2. The van der Waals surface area contributed by atoms with Crippen LogP contribution in [0, 0.1) is 5.41 Å². The van der Waals surface area contributed by atoms with Crippen LogP contribution in [0.3, 0.4) is 0 Å². The zero-order valence-electron chi connectivity index (χ0n) is 20.9. The molecule has 0 saturated carbocycles. The number of carbonyl (C=O) groups is 1. The van der Waals surface area contributed by atoms with E-state index in [0.717, 1.165) is 52.6 Å². The fraction of sp³-hybridized carbons (Fsp3) is 0.444. The van der Waals surface area contributed by atoms with Crippen molar-refractivity contribution in [1.29, 1.82) is 0 Å². The Morgan fingerprint density at radius 1 is 1.17 bits per heavy atom. The molecule has 0 bridgehead atoms. The Bertz CT molecular complexity index is 1380.